The summed E-state index contributed by atoms with van der Waals surface area (Å²) in [5, 5.41) is 26.0. The van der Waals surface area contributed by atoms with Crippen LogP contribution in [0.5, 0.6) is 0 Å². The predicted molar refractivity (Wildman–Crippen MR) is 114 cm³/mol. The van der Waals surface area contributed by atoms with Gasteiger partial charge in [0.05, 0.1) is 6.10 Å². The first-order valence-corrected chi connectivity index (χ1v) is 9.90. The number of hydrogen-bond donors (Lipinski definition) is 8. The van der Waals surface area contributed by atoms with Crippen LogP contribution in [-0.2, 0) is 19.2 Å². The minimum Gasteiger partial charge on any atom is -0.480 e. The second kappa shape index (κ2) is 13.4. The Labute approximate surface area is 181 Å². The molecule has 5 atom stereocenters. The Bertz CT molecular complexity index is 664. The molecule has 0 spiro atoms. The van der Waals surface area contributed by atoms with E-state index in [2.05, 4.69) is 20.9 Å². The summed E-state index contributed by atoms with van der Waals surface area (Å²) in [5.41, 5.74) is 15.9. The Balaban J connectivity index is 5.01. The molecule has 0 aliphatic heterocycles. The number of carbonyl (C=O) groups is 4. The second-order valence-electron chi connectivity index (χ2n) is 7.58. The molecule has 0 saturated carbocycles. The summed E-state index contributed by atoms with van der Waals surface area (Å²) in [6.07, 6.45) is -0.704. The molecule has 0 fully saturated rings. The van der Waals surface area contributed by atoms with Gasteiger partial charge in [0.25, 0.3) is 0 Å². The summed E-state index contributed by atoms with van der Waals surface area (Å²) in [4.78, 5) is 52.2. The van der Waals surface area contributed by atoms with Crippen molar-refractivity contribution >= 4 is 29.7 Å². The van der Waals surface area contributed by atoms with Crippen LogP contribution < -0.4 is 33.2 Å². The number of aliphatic hydroxyl groups is 1. The average molecular weight is 446 g/mol. The quantitative estimate of drug-likeness (QED) is 0.0815. The van der Waals surface area contributed by atoms with E-state index in [4.69, 9.17) is 17.2 Å². The van der Waals surface area contributed by atoms with Crippen molar-refractivity contribution < 1.29 is 29.4 Å². The minimum absolute atomic E-state index is 0.0836. The third-order valence-corrected chi connectivity index (χ3v) is 4.38. The van der Waals surface area contributed by atoms with E-state index in [1.165, 1.54) is 13.8 Å². The van der Waals surface area contributed by atoms with Crippen LogP contribution in [0.3, 0.4) is 0 Å². The number of carbonyl (C=O) groups excluding carboxylic acids is 3. The Morgan fingerprint density at radius 3 is 1.97 bits per heavy atom. The number of guanidine groups is 1. The summed E-state index contributed by atoms with van der Waals surface area (Å²) < 4.78 is 0. The van der Waals surface area contributed by atoms with Gasteiger partial charge in [-0.2, -0.15) is 0 Å². The van der Waals surface area contributed by atoms with Gasteiger partial charge >= 0.3 is 5.97 Å². The minimum atomic E-state index is -1.24. The van der Waals surface area contributed by atoms with Crippen LogP contribution in [0.25, 0.3) is 0 Å². The fourth-order valence-corrected chi connectivity index (χ4v) is 2.43. The van der Waals surface area contributed by atoms with Crippen LogP contribution in [0.1, 0.15) is 40.5 Å². The van der Waals surface area contributed by atoms with Crippen molar-refractivity contribution in [3.63, 3.8) is 0 Å². The van der Waals surface area contributed by atoms with Gasteiger partial charge in [-0.15, -0.1) is 0 Å². The standard InChI is InChI=1S/C18H35N7O6/c1-8(2)13(25-14(27)9(3)23-15(28)12(19)10(4)26)16(29)24-11(17(30)31)6-5-7-22-18(20)21/h8-13,26H,5-7,19H2,1-4H3,(H,23,28)(H,24,29)(H,25,27)(H,30,31)(H4,20,21,22)/t9-,10+,11-,12-,13-/m0/s1. The number of amides is 3. The average Bonchev–Trinajstić information content (AvgIpc) is 2.66. The molecule has 31 heavy (non-hydrogen) atoms. The lowest BCUT2D eigenvalue weighted by molar-refractivity contribution is -0.142. The van der Waals surface area contributed by atoms with Crippen molar-refractivity contribution in [2.45, 2.75) is 70.8 Å². The molecule has 0 aromatic heterocycles. The summed E-state index contributed by atoms with van der Waals surface area (Å²) in [7, 11) is 0. The first-order valence-electron chi connectivity index (χ1n) is 9.90. The van der Waals surface area contributed by atoms with Gasteiger partial charge in [0, 0.05) is 6.54 Å². The third kappa shape index (κ3) is 10.6. The van der Waals surface area contributed by atoms with E-state index in [-0.39, 0.29) is 24.8 Å². The normalized spacial score (nSPS) is 15.7. The summed E-state index contributed by atoms with van der Waals surface area (Å²) in [6, 6.07) is -4.49. The fourth-order valence-electron chi connectivity index (χ4n) is 2.43. The molecular weight excluding hydrogens is 410 g/mol. The molecule has 0 aliphatic carbocycles. The molecule has 11 N–H and O–H groups in total. The number of nitrogens with one attached hydrogen (secondary N) is 3. The number of aliphatic hydroxyl groups excluding tert-OH is 1. The van der Waals surface area contributed by atoms with Crippen LogP contribution in [0.4, 0.5) is 0 Å². The lowest BCUT2D eigenvalue weighted by atomic mass is 10.0. The summed E-state index contributed by atoms with van der Waals surface area (Å²) in [6.45, 7) is 6.28. The van der Waals surface area contributed by atoms with E-state index < -0.39 is 54.0 Å². The van der Waals surface area contributed by atoms with E-state index in [0.29, 0.717) is 6.42 Å². The van der Waals surface area contributed by atoms with Gasteiger partial charge < -0.3 is 43.4 Å². The van der Waals surface area contributed by atoms with Gasteiger partial charge in [-0.05, 0) is 32.6 Å². The van der Waals surface area contributed by atoms with Gasteiger partial charge in [-0.3, -0.25) is 19.4 Å². The Hall–Kier alpha value is -2.93. The lowest BCUT2D eigenvalue weighted by Crippen LogP contribution is -2.58. The van der Waals surface area contributed by atoms with Crippen LogP contribution in [0, 0.1) is 5.92 Å². The summed E-state index contributed by atoms with van der Waals surface area (Å²) in [5.74, 6) is -3.80. The number of nitrogens with two attached hydrogens (primary N) is 3. The first-order chi connectivity index (χ1) is 14.3. The van der Waals surface area contributed by atoms with E-state index in [1.54, 1.807) is 13.8 Å². The number of carboxylic acid groups (broad SMARTS) is 1. The Morgan fingerprint density at radius 1 is 0.935 bits per heavy atom. The van der Waals surface area contributed by atoms with Gasteiger partial charge in [-0.25, -0.2) is 4.79 Å². The highest BCUT2D eigenvalue weighted by atomic mass is 16.4. The lowest BCUT2D eigenvalue weighted by Gasteiger charge is -2.26. The number of carboxylic acids is 1. The maximum Gasteiger partial charge on any atom is 0.326 e. The van der Waals surface area contributed by atoms with Crippen LogP contribution in [0.15, 0.2) is 4.99 Å². The van der Waals surface area contributed by atoms with Crippen molar-refractivity contribution in [3.8, 4) is 0 Å². The Morgan fingerprint density at radius 2 is 1.52 bits per heavy atom. The van der Waals surface area contributed by atoms with Crippen molar-refractivity contribution in [2.24, 2.45) is 28.1 Å². The third-order valence-electron chi connectivity index (χ3n) is 4.38. The highest BCUT2D eigenvalue weighted by Crippen LogP contribution is 2.06. The number of rotatable bonds is 13. The largest absolute Gasteiger partial charge is 0.480 e. The topological polar surface area (TPSA) is 235 Å². The van der Waals surface area contributed by atoms with Crippen molar-refractivity contribution in [1.82, 2.24) is 16.0 Å². The monoisotopic (exact) mass is 445 g/mol. The van der Waals surface area contributed by atoms with Crippen molar-refractivity contribution in [1.29, 1.82) is 0 Å². The van der Waals surface area contributed by atoms with Crippen molar-refractivity contribution in [3.05, 3.63) is 0 Å². The highest BCUT2D eigenvalue weighted by molar-refractivity contribution is 5.94. The zero-order valence-electron chi connectivity index (χ0n) is 18.3. The SMILES string of the molecule is CC(C)[C@H](NC(=O)[C@H](C)NC(=O)[C@@H](N)[C@@H](C)O)C(=O)N[C@@H](CCCN=C(N)N)C(=O)O. The van der Waals surface area contributed by atoms with Crippen LogP contribution >= 0.6 is 0 Å². The van der Waals surface area contributed by atoms with Gasteiger partial charge in [0.2, 0.25) is 17.7 Å². The molecule has 0 bridgehead atoms. The Kier molecular flexibility index (Phi) is 12.1. The first kappa shape index (κ1) is 28.1. The molecule has 0 radical (unpaired) electrons. The van der Waals surface area contributed by atoms with Gasteiger partial charge in [0.15, 0.2) is 5.96 Å². The molecule has 178 valence electrons. The van der Waals surface area contributed by atoms with Gasteiger partial charge in [-0.1, -0.05) is 13.8 Å². The smallest absolute Gasteiger partial charge is 0.326 e. The molecule has 0 aliphatic rings. The van der Waals surface area contributed by atoms with Gasteiger partial charge in [0.1, 0.15) is 24.2 Å². The molecule has 0 aromatic carbocycles. The van der Waals surface area contributed by atoms with E-state index in [0.717, 1.165) is 0 Å². The van der Waals surface area contributed by atoms with E-state index in [9.17, 15) is 29.4 Å². The molecule has 0 rings (SSSR count). The molecule has 13 heteroatoms. The predicted octanol–water partition coefficient (Wildman–Crippen LogP) is -3.04. The van der Waals surface area contributed by atoms with Crippen molar-refractivity contribution in [2.75, 3.05) is 6.54 Å². The molecule has 0 aromatic rings. The molecule has 0 heterocycles. The van der Waals surface area contributed by atoms with Crippen LogP contribution in [0.2, 0.25) is 0 Å². The molecule has 3 amide bonds. The van der Waals surface area contributed by atoms with Crippen LogP contribution in [-0.4, -0.2) is 76.7 Å². The number of aliphatic imine (C=N–C) groups is 1. The molecular formula is C18H35N7O6. The highest BCUT2D eigenvalue weighted by Gasteiger charge is 2.30. The fraction of sp³-hybridized carbons (Fsp3) is 0.722. The number of hydrogen-bond acceptors (Lipinski definition) is 7. The second-order valence-corrected chi connectivity index (χ2v) is 7.58. The molecule has 13 nitrogen and oxygen atoms in total. The maximum atomic E-state index is 12.6. The number of nitrogens with zero attached hydrogens (tertiary/aromatic N) is 1. The maximum absolute atomic E-state index is 12.6. The molecule has 0 unspecified atom stereocenters. The summed E-state index contributed by atoms with van der Waals surface area (Å²) >= 11 is 0. The van der Waals surface area contributed by atoms with E-state index in [1.807, 2.05) is 0 Å². The van der Waals surface area contributed by atoms with E-state index >= 15 is 0 Å². The zero-order valence-corrected chi connectivity index (χ0v) is 18.3. The number of aliphatic carboxylic acids is 1. The molecule has 0 saturated heterocycles. The zero-order chi connectivity index (χ0) is 24.3.